The lowest BCUT2D eigenvalue weighted by atomic mass is 9.82. The summed E-state index contributed by atoms with van der Waals surface area (Å²) in [5, 5.41) is 3.44. The zero-order valence-corrected chi connectivity index (χ0v) is 12.3. The number of pyridine rings is 1. The van der Waals surface area contributed by atoms with E-state index in [-0.39, 0.29) is 30.2 Å². The van der Waals surface area contributed by atoms with E-state index < -0.39 is 0 Å². The minimum Gasteiger partial charge on any atom is -0.380 e. The van der Waals surface area contributed by atoms with Crippen molar-refractivity contribution < 1.29 is 9.47 Å². The lowest BCUT2D eigenvalue weighted by molar-refractivity contribution is 0.0253. The first kappa shape index (κ1) is 16.7. The highest BCUT2D eigenvalue weighted by atomic mass is 35.5. The first-order valence-electron chi connectivity index (χ1n) is 6.14. The van der Waals surface area contributed by atoms with E-state index in [0.717, 1.165) is 32.9 Å². The summed E-state index contributed by atoms with van der Waals surface area (Å²) in [5.74, 6) is 0.625. The van der Waals surface area contributed by atoms with Gasteiger partial charge in [0.05, 0.1) is 26.4 Å². The van der Waals surface area contributed by atoms with Gasteiger partial charge in [0.1, 0.15) is 0 Å². The van der Waals surface area contributed by atoms with Crippen LogP contribution in [0.5, 0.6) is 0 Å². The number of fused-ring (bicyclic) bond motifs is 1. The molecule has 0 radical (unpaired) electrons. The maximum absolute atomic E-state index is 5.86. The highest BCUT2D eigenvalue weighted by molar-refractivity contribution is 5.85. The van der Waals surface area contributed by atoms with Crippen LogP contribution in [0.25, 0.3) is 0 Å². The van der Waals surface area contributed by atoms with Crippen LogP contribution in [0.4, 0.5) is 0 Å². The molecule has 2 atom stereocenters. The third-order valence-corrected chi connectivity index (χ3v) is 3.85. The third-order valence-electron chi connectivity index (χ3n) is 3.85. The molecule has 4 nitrogen and oxygen atoms in total. The second kappa shape index (κ2) is 7.41. The summed E-state index contributed by atoms with van der Waals surface area (Å²) in [4.78, 5) is 4.00. The Kier molecular flexibility index (Phi) is 6.50. The Morgan fingerprint density at radius 3 is 2.95 bits per heavy atom. The van der Waals surface area contributed by atoms with Crippen LogP contribution in [0.15, 0.2) is 24.5 Å². The summed E-state index contributed by atoms with van der Waals surface area (Å²) in [5.41, 5.74) is 1.39. The second-order valence-electron chi connectivity index (χ2n) is 5.05. The van der Waals surface area contributed by atoms with Gasteiger partial charge in [-0.25, -0.2) is 0 Å². The average Bonchev–Trinajstić information content (AvgIpc) is 2.89. The molecule has 6 heteroatoms. The molecule has 2 fully saturated rings. The van der Waals surface area contributed by atoms with Gasteiger partial charge in [0.15, 0.2) is 0 Å². The van der Waals surface area contributed by atoms with E-state index in [2.05, 4.69) is 10.3 Å². The Labute approximate surface area is 126 Å². The second-order valence-corrected chi connectivity index (χ2v) is 5.05. The zero-order chi connectivity index (χ0) is 11.6. The number of nitrogens with one attached hydrogen (secondary N) is 1. The van der Waals surface area contributed by atoms with Gasteiger partial charge in [-0.3, -0.25) is 4.98 Å². The van der Waals surface area contributed by atoms with Crippen molar-refractivity contribution in [2.24, 2.45) is 11.3 Å². The topological polar surface area (TPSA) is 43.4 Å². The molecule has 0 aromatic carbocycles. The van der Waals surface area contributed by atoms with Gasteiger partial charge in [0, 0.05) is 36.8 Å². The molecule has 2 saturated heterocycles. The number of ether oxygens (including phenoxy) is 2. The molecule has 19 heavy (non-hydrogen) atoms. The molecule has 3 heterocycles. The molecule has 3 rings (SSSR count). The van der Waals surface area contributed by atoms with Gasteiger partial charge >= 0.3 is 0 Å². The van der Waals surface area contributed by atoms with Crippen molar-refractivity contribution >= 4 is 24.8 Å². The summed E-state index contributed by atoms with van der Waals surface area (Å²) < 4.78 is 11.4. The summed E-state index contributed by atoms with van der Waals surface area (Å²) in [6.07, 6.45) is 3.60. The van der Waals surface area contributed by atoms with Crippen molar-refractivity contribution in [1.82, 2.24) is 10.3 Å². The van der Waals surface area contributed by atoms with Crippen LogP contribution < -0.4 is 5.32 Å². The van der Waals surface area contributed by atoms with Crippen LogP contribution >= 0.6 is 24.8 Å². The average molecular weight is 307 g/mol. The van der Waals surface area contributed by atoms with Crippen molar-refractivity contribution in [1.29, 1.82) is 0 Å². The Hall–Kier alpha value is -0.390. The van der Waals surface area contributed by atoms with Crippen molar-refractivity contribution in [2.45, 2.75) is 6.61 Å². The smallest absolute Gasteiger partial charge is 0.0718 e. The molecule has 1 aromatic heterocycles. The molecule has 0 aliphatic carbocycles. The Bertz CT molecular complexity index is 368. The number of hydrogen-bond acceptors (Lipinski definition) is 4. The molecule has 0 spiro atoms. The predicted molar refractivity (Wildman–Crippen MR) is 78.0 cm³/mol. The maximum Gasteiger partial charge on any atom is 0.0718 e. The van der Waals surface area contributed by atoms with Gasteiger partial charge < -0.3 is 14.8 Å². The predicted octanol–water partition coefficient (Wildman–Crippen LogP) is 1.68. The van der Waals surface area contributed by atoms with Crippen LogP contribution in [0.1, 0.15) is 5.56 Å². The van der Waals surface area contributed by atoms with E-state index in [1.807, 2.05) is 12.1 Å². The summed E-state index contributed by atoms with van der Waals surface area (Å²) in [7, 11) is 0. The largest absolute Gasteiger partial charge is 0.380 e. The van der Waals surface area contributed by atoms with E-state index in [4.69, 9.17) is 9.47 Å². The fourth-order valence-corrected chi connectivity index (χ4v) is 2.73. The fourth-order valence-electron chi connectivity index (χ4n) is 2.73. The van der Waals surface area contributed by atoms with Gasteiger partial charge in [-0.2, -0.15) is 0 Å². The molecule has 1 aromatic rings. The molecule has 2 aliphatic heterocycles. The fraction of sp³-hybridized carbons (Fsp3) is 0.615. The maximum atomic E-state index is 5.86. The quantitative estimate of drug-likeness (QED) is 0.919. The number of rotatable bonds is 4. The first-order chi connectivity index (χ1) is 8.39. The molecule has 2 aliphatic rings. The number of hydrogen-bond donors (Lipinski definition) is 1. The Morgan fingerprint density at radius 1 is 1.37 bits per heavy atom. The minimum atomic E-state index is 0. The van der Waals surface area contributed by atoms with Crippen LogP contribution in [-0.2, 0) is 16.1 Å². The van der Waals surface area contributed by atoms with Crippen molar-refractivity contribution in [2.75, 3.05) is 32.9 Å². The summed E-state index contributed by atoms with van der Waals surface area (Å²) >= 11 is 0. The SMILES string of the molecule is Cl.Cl.c1cc(COC[C@@]23CNC[C@@H]2COC3)ccn1. The molecule has 1 N–H and O–H groups in total. The Morgan fingerprint density at radius 2 is 2.16 bits per heavy atom. The molecule has 0 amide bonds. The van der Waals surface area contributed by atoms with E-state index >= 15 is 0 Å². The number of aromatic nitrogens is 1. The molecular formula is C13H20Cl2N2O2. The summed E-state index contributed by atoms with van der Waals surface area (Å²) in [6, 6.07) is 3.99. The van der Waals surface area contributed by atoms with Gasteiger partial charge in [0.25, 0.3) is 0 Å². The van der Waals surface area contributed by atoms with Crippen molar-refractivity contribution in [3.63, 3.8) is 0 Å². The normalized spacial score (nSPS) is 28.3. The molecule has 0 saturated carbocycles. The van der Waals surface area contributed by atoms with E-state index in [1.165, 1.54) is 5.56 Å². The van der Waals surface area contributed by atoms with Crippen molar-refractivity contribution in [3.8, 4) is 0 Å². The number of halogens is 2. The van der Waals surface area contributed by atoms with Crippen molar-refractivity contribution in [3.05, 3.63) is 30.1 Å². The van der Waals surface area contributed by atoms with Crippen LogP contribution in [0.3, 0.4) is 0 Å². The van der Waals surface area contributed by atoms with E-state index in [9.17, 15) is 0 Å². The van der Waals surface area contributed by atoms with Gasteiger partial charge in [-0.15, -0.1) is 24.8 Å². The van der Waals surface area contributed by atoms with E-state index in [1.54, 1.807) is 12.4 Å². The lowest BCUT2D eigenvalue weighted by Gasteiger charge is -2.25. The minimum absolute atomic E-state index is 0. The molecule has 0 bridgehead atoms. The van der Waals surface area contributed by atoms with Crippen LogP contribution in [0, 0.1) is 11.3 Å². The highest BCUT2D eigenvalue weighted by Gasteiger charge is 2.47. The van der Waals surface area contributed by atoms with Crippen LogP contribution in [0.2, 0.25) is 0 Å². The summed E-state index contributed by atoms with van der Waals surface area (Å²) in [6.45, 7) is 5.25. The monoisotopic (exact) mass is 306 g/mol. The zero-order valence-electron chi connectivity index (χ0n) is 10.7. The Balaban J connectivity index is 0.000000902. The molecular weight excluding hydrogens is 287 g/mol. The van der Waals surface area contributed by atoms with E-state index in [0.29, 0.717) is 12.5 Å². The molecule has 0 unspecified atom stereocenters. The van der Waals surface area contributed by atoms with Gasteiger partial charge in [0.2, 0.25) is 0 Å². The number of nitrogens with zero attached hydrogens (tertiary/aromatic N) is 1. The third kappa shape index (κ3) is 3.58. The standard InChI is InChI=1S/C13H18N2O2.2ClH/c1-3-14-4-2-11(1)6-16-9-13-8-15-5-12(13)7-17-10-13;;/h1-4,12,15H,5-10H2;2*1H/t12-,13-;;/m1../s1. The van der Waals surface area contributed by atoms with Gasteiger partial charge in [-0.05, 0) is 17.7 Å². The highest BCUT2D eigenvalue weighted by Crippen LogP contribution is 2.37. The lowest BCUT2D eigenvalue weighted by Crippen LogP contribution is -2.34. The van der Waals surface area contributed by atoms with Crippen LogP contribution in [-0.4, -0.2) is 37.9 Å². The van der Waals surface area contributed by atoms with Gasteiger partial charge in [-0.1, -0.05) is 0 Å². The first-order valence-corrected chi connectivity index (χ1v) is 6.14. The molecule has 108 valence electrons.